The second-order valence-corrected chi connectivity index (χ2v) is 13.6. The van der Waals surface area contributed by atoms with Gasteiger partial charge in [-0.15, -0.1) is 0 Å². The summed E-state index contributed by atoms with van der Waals surface area (Å²) in [5.74, 6) is 2.92. The molecular weight excluding hydrogens is 482 g/mol. The molecule has 4 aliphatic carbocycles. The van der Waals surface area contributed by atoms with Gasteiger partial charge in [0.05, 0.1) is 25.9 Å². The highest BCUT2D eigenvalue weighted by atomic mass is 16.5. The first-order valence-corrected chi connectivity index (χ1v) is 15.4. The van der Waals surface area contributed by atoms with E-state index in [1.807, 2.05) is 0 Å². The second-order valence-electron chi connectivity index (χ2n) is 13.6. The van der Waals surface area contributed by atoms with Gasteiger partial charge in [0.25, 0.3) is 0 Å². The van der Waals surface area contributed by atoms with Gasteiger partial charge in [-0.2, -0.15) is 0 Å². The fourth-order valence-corrected chi connectivity index (χ4v) is 10.0. The minimum atomic E-state index is -0.422. The fraction of sp³-hybridized carbons (Fsp3) is 0.935. The van der Waals surface area contributed by atoms with E-state index in [0.717, 1.165) is 32.1 Å². The Morgan fingerprint density at radius 2 is 1.74 bits per heavy atom. The molecule has 1 amide bonds. The smallest absolute Gasteiger partial charge is 0.407 e. The Bertz CT molecular complexity index is 835. The van der Waals surface area contributed by atoms with Crippen LogP contribution in [0.1, 0.15) is 98.3 Å². The molecule has 11 atom stereocenters. The maximum Gasteiger partial charge on any atom is 0.407 e. The Morgan fingerprint density at radius 1 is 1.03 bits per heavy atom. The lowest BCUT2D eigenvalue weighted by atomic mass is 9.41. The van der Waals surface area contributed by atoms with Gasteiger partial charge in [-0.05, 0) is 110 Å². The van der Waals surface area contributed by atoms with Crippen LogP contribution in [0.3, 0.4) is 0 Å². The van der Waals surface area contributed by atoms with Gasteiger partial charge in [-0.1, -0.05) is 34.1 Å². The van der Waals surface area contributed by atoms with E-state index in [1.54, 1.807) is 0 Å². The van der Waals surface area contributed by atoms with E-state index in [2.05, 4.69) is 37.7 Å². The van der Waals surface area contributed by atoms with E-state index >= 15 is 0 Å². The molecule has 0 spiro atoms. The van der Waals surface area contributed by atoms with Gasteiger partial charge in [0, 0.05) is 13.0 Å². The van der Waals surface area contributed by atoms with Gasteiger partial charge >= 0.3 is 12.1 Å². The molecule has 0 bridgehead atoms. The Labute approximate surface area is 229 Å². The minimum Gasteiger partial charge on any atom is -0.469 e. The number of aliphatic hydroxyl groups is 2. The number of hydrogen-bond donors (Lipinski definition) is 3. The molecule has 38 heavy (non-hydrogen) atoms. The normalized spacial score (nSPS) is 42.8. The summed E-state index contributed by atoms with van der Waals surface area (Å²) in [6.45, 7) is 10.3. The highest BCUT2D eigenvalue weighted by Crippen LogP contribution is 2.69. The largest absolute Gasteiger partial charge is 0.469 e. The van der Waals surface area contributed by atoms with Gasteiger partial charge < -0.3 is 25.0 Å². The van der Waals surface area contributed by atoms with Crippen molar-refractivity contribution in [2.24, 2.45) is 52.3 Å². The Balaban J connectivity index is 1.35. The number of methoxy groups -OCH3 is 1. The highest BCUT2D eigenvalue weighted by molar-refractivity contribution is 5.69. The second kappa shape index (κ2) is 12.0. The summed E-state index contributed by atoms with van der Waals surface area (Å²) in [6.07, 6.45) is 9.38. The molecular formula is C31H53NO6. The zero-order valence-electron chi connectivity index (χ0n) is 24.4. The van der Waals surface area contributed by atoms with Crippen LogP contribution in [0.2, 0.25) is 0 Å². The number of alkyl carbamates (subject to hydrolysis) is 1. The van der Waals surface area contributed by atoms with Crippen LogP contribution < -0.4 is 5.32 Å². The van der Waals surface area contributed by atoms with Gasteiger partial charge in [0.15, 0.2) is 0 Å². The number of amides is 1. The number of ether oxygens (including phenoxy) is 2. The molecule has 7 heteroatoms. The third-order valence-electron chi connectivity index (χ3n) is 12.0. The maximum absolute atomic E-state index is 12.1. The van der Waals surface area contributed by atoms with Gasteiger partial charge in [0.1, 0.15) is 0 Å². The molecule has 3 N–H and O–H groups in total. The van der Waals surface area contributed by atoms with Crippen molar-refractivity contribution in [3.63, 3.8) is 0 Å². The lowest BCUT2D eigenvalue weighted by molar-refractivity contribution is -0.203. The zero-order valence-corrected chi connectivity index (χ0v) is 24.4. The predicted octanol–water partition coefficient (Wildman–Crippen LogP) is 5.32. The van der Waals surface area contributed by atoms with Crippen LogP contribution in [0.25, 0.3) is 0 Å². The first kappa shape index (κ1) is 29.6. The fourth-order valence-electron chi connectivity index (χ4n) is 10.0. The molecule has 0 aliphatic heterocycles. The topological polar surface area (TPSA) is 105 Å². The number of aliphatic hydroxyl groups excluding tert-OH is 2. The van der Waals surface area contributed by atoms with E-state index in [-0.39, 0.29) is 41.3 Å². The van der Waals surface area contributed by atoms with Crippen LogP contribution in [-0.2, 0) is 14.3 Å². The molecule has 1 unspecified atom stereocenters. The molecule has 0 aromatic rings. The summed E-state index contributed by atoms with van der Waals surface area (Å²) in [5.41, 5.74) is 0.445. The van der Waals surface area contributed by atoms with Crippen molar-refractivity contribution < 1.29 is 29.3 Å². The van der Waals surface area contributed by atoms with Crippen LogP contribution in [-0.4, -0.2) is 54.7 Å². The predicted molar refractivity (Wildman–Crippen MR) is 146 cm³/mol. The number of nitrogens with one attached hydrogen (secondary N) is 1. The van der Waals surface area contributed by atoms with E-state index in [0.29, 0.717) is 55.1 Å². The van der Waals surface area contributed by atoms with E-state index < -0.39 is 6.09 Å². The summed E-state index contributed by atoms with van der Waals surface area (Å²) in [6, 6.07) is 0. The average Bonchev–Trinajstić information content (AvgIpc) is 3.25. The molecule has 0 aromatic carbocycles. The Kier molecular flexibility index (Phi) is 9.39. The molecule has 4 fully saturated rings. The lowest BCUT2D eigenvalue weighted by Crippen LogP contribution is -2.62. The number of fused-ring (bicyclic) bond motifs is 5. The van der Waals surface area contributed by atoms with E-state index in [9.17, 15) is 19.8 Å². The van der Waals surface area contributed by atoms with Crippen molar-refractivity contribution in [3.8, 4) is 0 Å². The summed E-state index contributed by atoms with van der Waals surface area (Å²) >= 11 is 0. The third-order valence-corrected chi connectivity index (χ3v) is 12.0. The van der Waals surface area contributed by atoms with Crippen LogP contribution in [0, 0.1) is 52.3 Å². The molecule has 0 heterocycles. The Morgan fingerprint density at radius 3 is 2.45 bits per heavy atom. The van der Waals surface area contributed by atoms with Crippen molar-refractivity contribution in [3.05, 3.63) is 0 Å². The Hall–Kier alpha value is -1.34. The van der Waals surface area contributed by atoms with Crippen molar-refractivity contribution in [2.45, 2.75) is 111 Å². The van der Waals surface area contributed by atoms with E-state index in [4.69, 9.17) is 4.74 Å². The SMILES string of the molecule is CC[C@@H]1C2C[C@H](O)CC[C@]2(C)[C@H]2CC[C@]3(C)[C@@H]([C@H](C)CCOC(=O)NCCCC(=O)OC)CC[C@H]3[C@@H]2[C@@H]1O. The van der Waals surface area contributed by atoms with Crippen LogP contribution in [0.15, 0.2) is 0 Å². The number of carbonyl (C=O) groups is 2. The molecule has 0 saturated heterocycles. The van der Waals surface area contributed by atoms with E-state index in [1.165, 1.54) is 32.8 Å². The van der Waals surface area contributed by atoms with Crippen LogP contribution in [0.4, 0.5) is 4.79 Å². The number of hydrogen-bond acceptors (Lipinski definition) is 6. The first-order chi connectivity index (χ1) is 18.1. The van der Waals surface area contributed by atoms with Crippen molar-refractivity contribution in [1.29, 1.82) is 0 Å². The maximum atomic E-state index is 12.1. The molecule has 0 radical (unpaired) electrons. The highest BCUT2D eigenvalue weighted by Gasteiger charge is 2.64. The van der Waals surface area contributed by atoms with Crippen molar-refractivity contribution in [1.82, 2.24) is 5.32 Å². The molecule has 4 saturated carbocycles. The first-order valence-electron chi connectivity index (χ1n) is 15.4. The van der Waals surface area contributed by atoms with Gasteiger partial charge in [-0.3, -0.25) is 4.79 Å². The molecule has 218 valence electrons. The van der Waals surface area contributed by atoms with Crippen LogP contribution in [0.5, 0.6) is 0 Å². The lowest BCUT2D eigenvalue weighted by Gasteiger charge is -2.64. The number of carbonyl (C=O) groups excluding carboxylic acids is 2. The zero-order chi connectivity index (χ0) is 27.7. The summed E-state index contributed by atoms with van der Waals surface area (Å²) in [5, 5.41) is 25.1. The summed E-state index contributed by atoms with van der Waals surface area (Å²) in [7, 11) is 1.36. The third kappa shape index (κ3) is 5.48. The van der Waals surface area contributed by atoms with Gasteiger partial charge in [0.2, 0.25) is 0 Å². The standard InChI is InChI=1S/C31H53NO6/c1-6-21-25-18-20(33)11-14-31(25,4)24-12-15-30(3)22(9-10-23(30)27(24)28(21)35)19(2)13-17-38-29(36)32-16-7-8-26(34)37-5/h19-25,27-28,33,35H,6-18H2,1-5H3,(H,32,36)/t19-,20-,21-,22-,23+,24+,25?,27+,28-,30-,31-/m1/s1. The molecule has 7 nitrogen and oxygen atoms in total. The van der Waals surface area contributed by atoms with Crippen molar-refractivity contribution >= 4 is 12.1 Å². The number of rotatable bonds is 9. The quantitative estimate of drug-likeness (QED) is 0.273. The summed E-state index contributed by atoms with van der Waals surface area (Å²) < 4.78 is 10.1. The van der Waals surface area contributed by atoms with Crippen LogP contribution >= 0.6 is 0 Å². The molecule has 4 rings (SSSR count). The summed E-state index contributed by atoms with van der Waals surface area (Å²) in [4.78, 5) is 23.3. The minimum absolute atomic E-state index is 0.208. The molecule has 4 aliphatic rings. The number of esters is 1. The van der Waals surface area contributed by atoms with Crippen molar-refractivity contribution in [2.75, 3.05) is 20.3 Å². The average molecular weight is 536 g/mol. The van der Waals surface area contributed by atoms with Gasteiger partial charge in [-0.25, -0.2) is 4.79 Å². The monoisotopic (exact) mass is 535 g/mol. The molecule has 0 aromatic heterocycles.